The number of esters is 2. The highest BCUT2D eigenvalue weighted by Crippen LogP contribution is 2.46. The van der Waals surface area contributed by atoms with Crippen molar-refractivity contribution in [2.75, 3.05) is 18.7 Å². The smallest absolute Gasteiger partial charge is 0.307 e. The first kappa shape index (κ1) is 24.2. The third-order valence-corrected chi connectivity index (χ3v) is 6.00. The third-order valence-electron chi connectivity index (χ3n) is 6.00. The third kappa shape index (κ3) is 5.41. The van der Waals surface area contributed by atoms with Gasteiger partial charge in [-0.05, 0) is 22.8 Å². The second-order valence-electron chi connectivity index (χ2n) is 8.40. The van der Waals surface area contributed by atoms with Gasteiger partial charge >= 0.3 is 11.9 Å². The molecule has 3 aromatic rings. The molecule has 1 aliphatic heterocycles. The first-order valence-electron chi connectivity index (χ1n) is 11.3. The maximum absolute atomic E-state index is 13.7. The second kappa shape index (κ2) is 11.0. The molecule has 0 spiro atoms. The minimum absolute atomic E-state index is 0.00424. The Kier molecular flexibility index (Phi) is 7.57. The molecule has 0 N–H and O–H groups in total. The molecule has 180 valence electrons. The summed E-state index contributed by atoms with van der Waals surface area (Å²) in [5, 5.41) is 0. The van der Waals surface area contributed by atoms with Crippen molar-refractivity contribution < 1.29 is 28.6 Å². The van der Waals surface area contributed by atoms with E-state index in [1.165, 1.54) is 12.0 Å². The molecule has 0 fully saturated rings. The number of carbonyl (C=O) groups is 3. The van der Waals surface area contributed by atoms with Crippen LogP contribution in [0.15, 0.2) is 84.9 Å². The Morgan fingerprint density at radius 1 is 0.743 bits per heavy atom. The second-order valence-corrected chi connectivity index (χ2v) is 8.40. The molecule has 7 nitrogen and oxygen atoms in total. The number of hydrogen-bond acceptors (Lipinski definition) is 6. The molecule has 0 aromatic heterocycles. The highest BCUT2D eigenvalue weighted by atomic mass is 16.5. The number of methoxy groups -OCH3 is 1. The van der Waals surface area contributed by atoms with Gasteiger partial charge in [-0.15, -0.1) is 0 Å². The zero-order valence-corrected chi connectivity index (χ0v) is 19.5. The fourth-order valence-electron chi connectivity index (χ4n) is 4.33. The van der Waals surface area contributed by atoms with E-state index in [-0.39, 0.29) is 32.8 Å². The van der Waals surface area contributed by atoms with E-state index in [9.17, 15) is 14.4 Å². The number of fused-ring (bicyclic) bond motifs is 1. The van der Waals surface area contributed by atoms with Gasteiger partial charge in [0, 0.05) is 7.11 Å². The van der Waals surface area contributed by atoms with E-state index in [1.54, 1.807) is 24.3 Å². The molecule has 0 saturated heterocycles. The lowest BCUT2D eigenvalue weighted by Gasteiger charge is -2.27. The lowest BCUT2D eigenvalue weighted by molar-refractivity contribution is -0.152. The molecule has 7 heteroatoms. The van der Waals surface area contributed by atoms with Gasteiger partial charge in [-0.1, -0.05) is 78.9 Å². The lowest BCUT2D eigenvalue weighted by atomic mass is 9.75. The van der Waals surface area contributed by atoms with Crippen LogP contribution in [0.4, 0.5) is 5.69 Å². The predicted molar refractivity (Wildman–Crippen MR) is 129 cm³/mol. The molecule has 0 aliphatic carbocycles. The van der Waals surface area contributed by atoms with Gasteiger partial charge in [0.15, 0.2) is 0 Å². The van der Waals surface area contributed by atoms with Crippen LogP contribution in [0.2, 0.25) is 0 Å². The van der Waals surface area contributed by atoms with Crippen LogP contribution in [0.25, 0.3) is 0 Å². The first-order chi connectivity index (χ1) is 17.0. The zero-order chi connectivity index (χ0) is 24.7. The van der Waals surface area contributed by atoms with E-state index in [1.807, 2.05) is 60.7 Å². The van der Waals surface area contributed by atoms with Crippen molar-refractivity contribution >= 4 is 23.5 Å². The summed E-state index contributed by atoms with van der Waals surface area (Å²) < 4.78 is 16.2. The number of anilines is 1. The molecule has 0 atom stereocenters. The first-order valence-corrected chi connectivity index (χ1v) is 11.3. The minimum atomic E-state index is -1.45. The van der Waals surface area contributed by atoms with E-state index >= 15 is 0 Å². The van der Waals surface area contributed by atoms with Gasteiger partial charge in [0.25, 0.3) is 0 Å². The Hall–Kier alpha value is -3.97. The van der Waals surface area contributed by atoms with Gasteiger partial charge in [0.05, 0.1) is 23.9 Å². The average molecular weight is 474 g/mol. The summed E-state index contributed by atoms with van der Waals surface area (Å²) in [4.78, 5) is 41.1. The summed E-state index contributed by atoms with van der Waals surface area (Å²) in [5.74, 6) is -1.55. The van der Waals surface area contributed by atoms with Crippen molar-refractivity contribution in [1.82, 2.24) is 0 Å². The Morgan fingerprint density at radius 2 is 1.23 bits per heavy atom. The fourth-order valence-corrected chi connectivity index (χ4v) is 4.33. The van der Waals surface area contributed by atoms with Crippen LogP contribution >= 0.6 is 0 Å². The maximum Gasteiger partial charge on any atom is 0.307 e. The highest BCUT2D eigenvalue weighted by molar-refractivity contribution is 6.11. The molecule has 0 saturated carbocycles. The summed E-state index contributed by atoms with van der Waals surface area (Å²) >= 11 is 0. The van der Waals surface area contributed by atoms with E-state index in [0.29, 0.717) is 11.3 Å². The number of hydrogen-bond donors (Lipinski definition) is 0. The minimum Gasteiger partial charge on any atom is -0.461 e. The molecule has 0 radical (unpaired) electrons. The molecule has 0 bridgehead atoms. The summed E-state index contributed by atoms with van der Waals surface area (Å²) in [6.45, 7) is 0.146. The molecule has 1 aliphatic rings. The Balaban J connectivity index is 1.58. The van der Waals surface area contributed by atoms with Crippen LogP contribution < -0.4 is 4.90 Å². The summed E-state index contributed by atoms with van der Waals surface area (Å²) in [6.07, 6.45) is -0.591. The average Bonchev–Trinajstić information content (AvgIpc) is 3.10. The van der Waals surface area contributed by atoms with Crippen molar-refractivity contribution in [2.45, 2.75) is 31.5 Å². The summed E-state index contributed by atoms with van der Waals surface area (Å²) in [7, 11) is 1.48. The van der Waals surface area contributed by atoms with Gasteiger partial charge in [0.1, 0.15) is 19.9 Å². The van der Waals surface area contributed by atoms with Gasteiger partial charge in [-0.3, -0.25) is 19.3 Å². The van der Waals surface area contributed by atoms with Crippen LogP contribution in [0.5, 0.6) is 0 Å². The quantitative estimate of drug-likeness (QED) is 0.412. The van der Waals surface area contributed by atoms with E-state index in [2.05, 4.69) is 0 Å². The lowest BCUT2D eigenvalue weighted by Crippen LogP contribution is -2.44. The summed E-state index contributed by atoms with van der Waals surface area (Å²) in [5.41, 5.74) is 1.39. The monoisotopic (exact) mass is 473 g/mol. The molecular formula is C28H27NO6. The van der Waals surface area contributed by atoms with Gasteiger partial charge < -0.3 is 14.2 Å². The van der Waals surface area contributed by atoms with Crippen LogP contribution in [-0.2, 0) is 47.2 Å². The van der Waals surface area contributed by atoms with Crippen molar-refractivity contribution in [1.29, 1.82) is 0 Å². The maximum atomic E-state index is 13.7. The van der Waals surface area contributed by atoms with E-state index < -0.39 is 23.3 Å². The Bertz CT molecular complexity index is 1120. The number of ether oxygens (including phenoxy) is 3. The topological polar surface area (TPSA) is 82.1 Å². The molecule has 35 heavy (non-hydrogen) atoms. The van der Waals surface area contributed by atoms with E-state index in [4.69, 9.17) is 14.2 Å². The van der Waals surface area contributed by atoms with Crippen molar-refractivity contribution in [3.63, 3.8) is 0 Å². The molecular weight excluding hydrogens is 446 g/mol. The predicted octanol–water partition coefficient (Wildman–Crippen LogP) is 4.14. The van der Waals surface area contributed by atoms with Crippen LogP contribution in [0.1, 0.15) is 29.5 Å². The van der Waals surface area contributed by atoms with Crippen molar-refractivity contribution in [2.24, 2.45) is 0 Å². The van der Waals surface area contributed by atoms with Crippen LogP contribution in [0.3, 0.4) is 0 Å². The van der Waals surface area contributed by atoms with Gasteiger partial charge in [-0.2, -0.15) is 0 Å². The summed E-state index contributed by atoms with van der Waals surface area (Å²) in [6, 6.07) is 25.7. The number of para-hydroxylation sites is 1. The normalized spacial score (nSPS) is 13.9. The molecule has 4 rings (SSSR count). The number of rotatable bonds is 10. The SMILES string of the molecule is COCN1C(=O)C(CC(=O)OCc2ccccc2)(CC(=O)OCc2ccccc2)c2ccccc21. The number of benzene rings is 3. The van der Waals surface area contributed by atoms with Gasteiger partial charge in [0.2, 0.25) is 5.91 Å². The highest BCUT2D eigenvalue weighted by Gasteiger charge is 2.53. The Morgan fingerprint density at radius 3 is 1.74 bits per heavy atom. The van der Waals surface area contributed by atoms with Crippen molar-refractivity contribution in [3.05, 3.63) is 102 Å². The largest absolute Gasteiger partial charge is 0.461 e. The molecule has 1 amide bonds. The standard InChI is InChI=1S/C28H27NO6/c1-33-20-29-24-15-9-8-14-23(24)28(27(29)32,16-25(30)34-18-21-10-4-2-5-11-21)17-26(31)35-19-22-12-6-3-7-13-22/h2-15H,16-20H2,1H3. The van der Waals surface area contributed by atoms with Crippen LogP contribution in [-0.4, -0.2) is 31.7 Å². The Labute approximate surface area is 204 Å². The van der Waals surface area contributed by atoms with Crippen LogP contribution in [0, 0.1) is 0 Å². The van der Waals surface area contributed by atoms with E-state index in [0.717, 1.165) is 11.1 Å². The fraction of sp³-hybridized carbons (Fsp3) is 0.250. The number of nitrogens with zero attached hydrogens (tertiary/aromatic N) is 1. The van der Waals surface area contributed by atoms with Gasteiger partial charge in [-0.25, -0.2) is 0 Å². The molecule has 3 aromatic carbocycles. The molecule has 1 heterocycles. The number of carbonyl (C=O) groups excluding carboxylic acids is 3. The van der Waals surface area contributed by atoms with Crippen molar-refractivity contribution in [3.8, 4) is 0 Å². The number of amides is 1. The molecule has 0 unspecified atom stereocenters. The zero-order valence-electron chi connectivity index (χ0n) is 19.5.